The Kier molecular flexibility index (Phi) is 2.17. The van der Waals surface area contributed by atoms with Crippen molar-refractivity contribution in [3.05, 3.63) is 0 Å². The minimum absolute atomic E-state index is 1.04. The minimum atomic E-state index is 1.04. The second kappa shape index (κ2) is 2.71. The maximum absolute atomic E-state index is 4.98. The van der Waals surface area contributed by atoms with E-state index in [4.69, 9.17) is 16.3 Å². The Morgan fingerprint density at radius 3 is 1.86 bits per heavy atom. The third kappa shape index (κ3) is 1.81. The first-order chi connectivity index (χ1) is 3.39. The van der Waals surface area contributed by atoms with E-state index in [1.54, 1.807) is 0 Å². The van der Waals surface area contributed by atoms with Gasteiger partial charge in [0.2, 0.25) is 0 Å². The van der Waals surface area contributed by atoms with Crippen LogP contribution < -0.4 is 0 Å². The summed E-state index contributed by atoms with van der Waals surface area (Å²) in [5, 5.41) is 0. The topological polar surface area (TPSA) is 2.70 Å². The van der Waals surface area contributed by atoms with Crippen LogP contribution in [0.1, 0.15) is 19.3 Å². The molecule has 0 N–H and O–H groups in total. The van der Waals surface area contributed by atoms with Crippen LogP contribution in [0, 0.1) is 0 Å². The molecule has 1 heterocycles. The van der Waals surface area contributed by atoms with E-state index in [0.29, 0.717) is 0 Å². The third-order valence-corrected chi connectivity index (χ3v) is 1.58. The van der Waals surface area contributed by atoms with E-state index in [1.165, 1.54) is 19.3 Å². The first-order valence-electron chi connectivity index (χ1n) is 2.70. The summed E-state index contributed by atoms with van der Waals surface area (Å²) in [6.07, 6.45) is 3.89. The first-order valence-corrected chi connectivity index (χ1v) is 3.08. The van der Waals surface area contributed by atoms with Crippen LogP contribution in [-0.2, 0) is 19.8 Å². The quantitative estimate of drug-likeness (QED) is 0.360. The molecule has 1 saturated heterocycles. The van der Waals surface area contributed by atoms with E-state index < -0.39 is 0 Å². The van der Waals surface area contributed by atoms with Crippen molar-refractivity contribution >= 4 is 0 Å². The summed E-state index contributed by atoms with van der Waals surface area (Å²) in [5.41, 5.74) is 0. The summed E-state index contributed by atoms with van der Waals surface area (Å²) in [4.78, 5) is 0. The molecule has 0 aromatic carbocycles. The molecule has 0 aromatic heterocycles. The van der Waals surface area contributed by atoms with E-state index in [2.05, 4.69) is 3.45 Å². The summed E-state index contributed by atoms with van der Waals surface area (Å²) in [6.45, 7) is 2.08. The van der Waals surface area contributed by atoms with Crippen molar-refractivity contribution in [2.75, 3.05) is 13.2 Å². The molecule has 0 aromatic rings. The molecule has 1 aliphatic heterocycles. The van der Waals surface area contributed by atoms with Crippen LogP contribution in [0.2, 0.25) is 0 Å². The van der Waals surface area contributed by atoms with Crippen molar-refractivity contribution in [2.24, 2.45) is 0 Å². The van der Waals surface area contributed by atoms with Gasteiger partial charge in [0.1, 0.15) is 0 Å². The van der Waals surface area contributed by atoms with Gasteiger partial charge in [-0.05, 0) is 0 Å². The van der Waals surface area contributed by atoms with Gasteiger partial charge in [-0.3, -0.25) is 0 Å². The van der Waals surface area contributed by atoms with Gasteiger partial charge < -0.3 is 0 Å². The standard InChI is InChI=1S/C5H10O.Cu/c1-2-4-6-5-3-1;/h1-5H2;/q;+1. The van der Waals surface area contributed by atoms with Crippen LogP contribution in [0.5, 0.6) is 0 Å². The Balaban J connectivity index is 2.12. The van der Waals surface area contributed by atoms with E-state index in [0.717, 1.165) is 13.2 Å². The van der Waals surface area contributed by atoms with Crippen molar-refractivity contribution < 1.29 is 19.8 Å². The second-order valence-electron chi connectivity index (χ2n) is 1.85. The summed E-state index contributed by atoms with van der Waals surface area (Å²) >= 11 is 4.98. The van der Waals surface area contributed by atoms with Crippen LogP contribution in [-0.4, -0.2) is 13.2 Å². The molecule has 1 nitrogen and oxygen atoms in total. The Morgan fingerprint density at radius 2 is 1.57 bits per heavy atom. The fourth-order valence-electron chi connectivity index (χ4n) is 0.774. The van der Waals surface area contributed by atoms with Gasteiger partial charge in [-0.15, -0.1) is 0 Å². The summed E-state index contributed by atoms with van der Waals surface area (Å²) < 4.78 is 2.63. The zero-order valence-electron chi connectivity index (χ0n) is 4.25. The summed E-state index contributed by atoms with van der Waals surface area (Å²) in [6, 6.07) is 0. The Labute approximate surface area is 52.9 Å². The molecule has 0 aliphatic carbocycles. The van der Waals surface area contributed by atoms with Crippen molar-refractivity contribution in [3.63, 3.8) is 0 Å². The average Bonchev–Trinajstić information content (AvgIpc) is 1.69. The van der Waals surface area contributed by atoms with Gasteiger partial charge in [0.15, 0.2) is 0 Å². The SMILES string of the molecule is [Cu][O+]1CCCCC1. The second-order valence-corrected chi connectivity index (χ2v) is 2.39. The van der Waals surface area contributed by atoms with Crippen LogP contribution in [0.15, 0.2) is 0 Å². The molecular weight excluding hydrogens is 140 g/mol. The summed E-state index contributed by atoms with van der Waals surface area (Å²) in [5.74, 6) is 0. The fraction of sp³-hybridized carbons (Fsp3) is 1.00. The van der Waals surface area contributed by atoms with Gasteiger partial charge in [-0.2, -0.15) is 0 Å². The third-order valence-electron chi connectivity index (χ3n) is 1.20. The predicted molar refractivity (Wildman–Crippen MR) is 24.7 cm³/mol. The van der Waals surface area contributed by atoms with Gasteiger partial charge in [0.05, 0.1) is 0 Å². The molecule has 7 heavy (non-hydrogen) atoms. The maximum atomic E-state index is 4.98. The molecule has 46 valence electrons. The molecule has 0 saturated carbocycles. The van der Waals surface area contributed by atoms with E-state index >= 15 is 0 Å². The van der Waals surface area contributed by atoms with Crippen LogP contribution >= 0.6 is 0 Å². The van der Waals surface area contributed by atoms with Crippen molar-refractivity contribution in [3.8, 4) is 0 Å². The van der Waals surface area contributed by atoms with Gasteiger partial charge >= 0.3 is 52.3 Å². The molecule has 0 radical (unpaired) electrons. The zero-order chi connectivity index (χ0) is 5.11. The normalized spacial score (nSPS) is 25.4. The molecule has 0 spiro atoms. The molecule has 1 fully saturated rings. The first kappa shape index (κ1) is 5.61. The van der Waals surface area contributed by atoms with Crippen molar-refractivity contribution in [2.45, 2.75) is 19.3 Å². The molecule has 0 amide bonds. The molecule has 0 atom stereocenters. The van der Waals surface area contributed by atoms with Gasteiger partial charge in [-0.1, -0.05) is 0 Å². The van der Waals surface area contributed by atoms with Gasteiger partial charge in [0.25, 0.3) is 0 Å². The van der Waals surface area contributed by atoms with E-state index in [-0.39, 0.29) is 0 Å². The van der Waals surface area contributed by atoms with Crippen molar-refractivity contribution in [1.82, 2.24) is 0 Å². The van der Waals surface area contributed by atoms with Crippen LogP contribution in [0.3, 0.4) is 0 Å². The van der Waals surface area contributed by atoms with Gasteiger partial charge in [-0.25, -0.2) is 0 Å². The number of rotatable bonds is 0. The number of hydrogen-bond acceptors (Lipinski definition) is 0. The van der Waals surface area contributed by atoms with Gasteiger partial charge in [0, 0.05) is 0 Å². The van der Waals surface area contributed by atoms with E-state index in [1.807, 2.05) is 0 Å². The predicted octanol–water partition coefficient (Wildman–Crippen LogP) is 1.18. The molecule has 2 heteroatoms. The molecule has 1 aliphatic rings. The van der Waals surface area contributed by atoms with Crippen LogP contribution in [0.4, 0.5) is 0 Å². The molecular formula is C5H10CuO+. The van der Waals surface area contributed by atoms with E-state index in [9.17, 15) is 0 Å². The Bertz CT molecular complexity index is 50.0. The molecule has 0 unspecified atom stereocenters. The molecule has 0 bridgehead atoms. The monoisotopic (exact) mass is 149 g/mol. The molecule has 1 rings (SSSR count). The van der Waals surface area contributed by atoms with Crippen LogP contribution in [0.25, 0.3) is 0 Å². The zero-order valence-corrected chi connectivity index (χ0v) is 5.19. The van der Waals surface area contributed by atoms with Crippen molar-refractivity contribution in [1.29, 1.82) is 0 Å². The Morgan fingerprint density at radius 1 is 1.00 bits per heavy atom. The fourth-order valence-corrected chi connectivity index (χ4v) is 1.05. The Hall–Kier alpha value is 0.479. The average molecular weight is 150 g/mol. The number of hydrogen-bond donors (Lipinski definition) is 0. The summed E-state index contributed by atoms with van der Waals surface area (Å²) in [7, 11) is 0.